The molecule has 0 amide bonds. The minimum atomic E-state index is -3.64. The molecule has 6 nitrogen and oxygen atoms in total. The largest absolute Gasteiger partial charge is 0.495 e. The molecule has 1 N–H and O–H groups in total. The number of benzene rings is 1. The second-order valence-corrected chi connectivity index (χ2v) is 6.58. The second-order valence-electron chi connectivity index (χ2n) is 4.71. The molecule has 1 heterocycles. The lowest BCUT2D eigenvalue weighted by Gasteiger charge is -2.31. The second kappa shape index (κ2) is 7.31. The van der Waals surface area contributed by atoms with Crippen LogP contribution in [0, 0.1) is 0 Å². The van der Waals surface area contributed by atoms with Crippen molar-refractivity contribution in [1.82, 2.24) is 9.62 Å². The molecule has 1 aromatic carbocycles. The van der Waals surface area contributed by atoms with Gasteiger partial charge in [-0.05, 0) is 19.1 Å². The van der Waals surface area contributed by atoms with E-state index in [0.29, 0.717) is 31.1 Å². The number of nitrogens with zero attached hydrogens (tertiary/aromatic N) is 1. The lowest BCUT2D eigenvalue weighted by Crippen LogP contribution is -2.51. The molecule has 1 atom stereocenters. The number of rotatable bonds is 4. The van der Waals surface area contributed by atoms with Crippen LogP contribution in [0.2, 0.25) is 0 Å². The van der Waals surface area contributed by atoms with Gasteiger partial charge in [0.15, 0.2) is 4.90 Å². The maximum absolute atomic E-state index is 12.8. The Kier molecular flexibility index (Phi) is 6.27. The molecule has 0 aromatic heterocycles. The van der Waals surface area contributed by atoms with Crippen LogP contribution in [0.3, 0.4) is 0 Å². The summed E-state index contributed by atoms with van der Waals surface area (Å²) in [4.78, 5) is 0.0964. The molecule has 0 aliphatic carbocycles. The Morgan fingerprint density at radius 2 is 1.81 bits per heavy atom. The summed E-state index contributed by atoms with van der Waals surface area (Å²) < 4.78 is 37.5. The van der Waals surface area contributed by atoms with Crippen molar-refractivity contribution in [3.8, 4) is 11.5 Å². The molecule has 1 aliphatic rings. The Morgan fingerprint density at radius 3 is 2.29 bits per heavy atom. The fourth-order valence-corrected chi connectivity index (χ4v) is 4.14. The fraction of sp³-hybridized carbons (Fsp3) is 0.538. The van der Waals surface area contributed by atoms with Gasteiger partial charge >= 0.3 is 0 Å². The molecule has 1 aliphatic heterocycles. The normalized spacial score (nSPS) is 19.7. The SMILES string of the molecule is COc1cccc(OC)c1S(=O)(=O)N1CCNC(C)C1.Cl. The first kappa shape index (κ1) is 18.0. The first-order valence-corrected chi connectivity index (χ1v) is 7.89. The molecule has 1 fully saturated rings. The molecule has 120 valence electrons. The Labute approximate surface area is 131 Å². The van der Waals surface area contributed by atoms with Crippen molar-refractivity contribution in [3.05, 3.63) is 18.2 Å². The van der Waals surface area contributed by atoms with Crippen LogP contribution in [0.25, 0.3) is 0 Å². The average Bonchev–Trinajstić information content (AvgIpc) is 2.46. The molecule has 1 saturated heterocycles. The highest BCUT2D eigenvalue weighted by molar-refractivity contribution is 7.89. The van der Waals surface area contributed by atoms with E-state index in [1.54, 1.807) is 18.2 Å². The van der Waals surface area contributed by atoms with Crippen LogP contribution in [0.15, 0.2) is 23.1 Å². The van der Waals surface area contributed by atoms with E-state index in [1.807, 2.05) is 6.92 Å². The summed E-state index contributed by atoms with van der Waals surface area (Å²) in [6, 6.07) is 5.08. The summed E-state index contributed by atoms with van der Waals surface area (Å²) in [7, 11) is -0.732. The molecule has 2 rings (SSSR count). The van der Waals surface area contributed by atoms with Gasteiger partial charge in [0.2, 0.25) is 0 Å². The number of hydrogen-bond acceptors (Lipinski definition) is 5. The minimum absolute atomic E-state index is 0. The Bertz CT molecular complexity index is 557. The number of sulfonamides is 1. The van der Waals surface area contributed by atoms with Gasteiger partial charge in [-0.2, -0.15) is 4.31 Å². The van der Waals surface area contributed by atoms with E-state index in [2.05, 4.69) is 5.32 Å². The maximum Gasteiger partial charge on any atom is 0.250 e. The summed E-state index contributed by atoms with van der Waals surface area (Å²) in [5.41, 5.74) is 0. The Hall–Kier alpha value is -1.02. The molecule has 0 bridgehead atoms. The van der Waals surface area contributed by atoms with E-state index in [9.17, 15) is 8.42 Å². The number of nitrogens with one attached hydrogen (secondary N) is 1. The van der Waals surface area contributed by atoms with Gasteiger partial charge in [0.05, 0.1) is 14.2 Å². The van der Waals surface area contributed by atoms with Gasteiger partial charge in [-0.3, -0.25) is 0 Å². The predicted octanol–water partition coefficient (Wildman–Crippen LogP) is 1.11. The maximum atomic E-state index is 12.8. The molecule has 0 saturated carbocycles. The zero-order valence-electron chi connectivity index (χ0n) is 12.3. The first-order chi connectivity index (χ1) is 9.50. The minimum Gasteiger partial charge on any atom is -0.495 e. The van der Waals surface area contributed by atoms with E-state index in [4.69, 9.17) is 9.47 Å². The van der Waals surface area contributed by atoms with Crippen molar-refractivity contribution < 1.29 is 17.9 Å². The zero-order valence-corrected chi connectivity index (χ0v) is 14.0. The van der Waals surface area contributed by atoms with Gasteiger partial charge in [0.1, 0.15) is 11.5 Å². The molecular weight excluding hydrogens is 316 g/mol. The smallest absolute Gasteiger partial charge is 0.250 e. The number of methoxy groups -OCH3 is 2. The highest BCUT2D eigenvalue weighted by Gasteiger charge is 2.33. The molecule has 1 aromatic rings. The number of piperazine rings is 1. The van der Waals surface area contributed by atoms with Crippen LogP contribution in [0.5, 0.6) is 11.5 Å². The van der Waals surface area contributed by atoms with Gasteiger partial charge in [0.25, 0.3) is 10.0 Å². The lowest BCUT2D eigenvalue weighted by atomic mass is 10.3. The van der Waals surface area contributed by atoms with Crippen molar-refractivity contribution in [2.45, 2.75) is 17.9 Å². The summed E-state index contributed by atoms with van der Waals surface area (Å²) >= 11 is 0. The molecular formula is C13H21ClN2O4S. The third kappa shape index (κ3) is 3.60. The summed E-state index contributed by atoms with van der Waals surface area (Å²) in [6.07, 6.45) is 0. The summed E-state index contributed by atoms with van der Waals surface area (Å²) in [5, 5.41) is 3.22. The van der Waals surface area contributed by atoms with Crippen LogP contribution >= 0.6 is 12.4 Å². The number of hydrogen-bond donors (Lipinski definition) is 1. The van der Waals surface area contributed by atoms with E-state index in [1.165, 1.54) is 18.5 Å². The quantitative estimate of drug-likeness (QED) is 0.892. The Balaban J connectivity index is 0.00000220. The lowest BCUT2D eigenvalue weighted by molar-refractivity contribution is 0.305. The van der Waals surface area contributed by atoms with Gasteiger partial charge in [-0.15, -0.1) is 12.4 Å². The van der Waals surface area contributed by atoms with Gasteiger partial charge in [-0.1, -0.05) is 6.07 Å². The predicted molar refractivity (Wildman–Crippen MR) is 83.0 cm³/mol. The van der Waals surface area contributed by atoms with E-state index in [-0.39, 0.29) is 23.3 Å². The van der Waals surface area contributed by atoms with Crippen LogP contribution in [-0.4, -0.2) is 52.6 Å². The van der Waals surface area contributed by atoms with Crippen molar-refractivity contribution >= 4 is 22.4 Å². The van der Waals surface area contributed by atoms with Crippen LogP contribution in [-0.2, 0) is 10.0 Å². The summed E-state index contributed by atoms with van der Waals surface area (Å²) in [6.45, 7) is 3.47. The highest BCUT2D eigenvalue weighted by Crippen LogP contribution is 2.35. The molecule has 1 unspecified atom stereocenters. The van der Waals surface area contributed by atoms with E-state index >= 15 is 0 Å². The standard InChI is InChI=1S/C13H20N2O4S.ClH/c1-10-9-15(8-7-14-10)20(16,17)13-11(18-2)5-4-6-12(13)19-3;/h4-6,10,14H,7-9H2,1-3H3;1H. The fourth-order valence-electron chi connectivity index (χ4n) is 2.32. The molecule has 21 heavy (non-hydrogen) atoms. The molecule has 8 heteroatoms. The van der Waals surface area contributed by atoms with Crippen LogP contribution < -0.4 is 14.8 Å². The number of ether oxygens (including phenoxy) is 2. The monoisotopic (exact) mass is 336 g/mol. The van der Waals surface area contributed by atoms with E-state index in [0.717, 1.165) is 0 Å². The third-order valence-corrected chi connectivity index (χ3v) is 5.24. The zero-order chi connectivity index (χ0) is 14.8. The van der Waals surface area contributed by atoms with Crippen molar-refractivity contribution in [1.29, 1.82) is 0 Å². The topological polar surface area (TPSA) is 67.9 Å². The van der Waals surface area contributed by atoms with Crippen LogP contribution in [0.1, 0.15) is 6.92 Å². The summed E-state index contributed by atoms with van der Waals surface area (Å²) in [5.74, 6) is 0.603. The first-order valence-electron chi connectivity index (χ1n) is 6.45. The van der Waals surface area contributed by atoms with Crippen molar-refractivity contribution in [3.63, 3.8) is 0 Å². The molecule has 0 spiro atoms. The average molecular weight is 337 g/mol. The van der Waals surface area contributed by atoms with Crippen molar-refractivity contribution in [2.24, 2.45) is 0 Å². The van der Waals surface area contributed by atoms with Crippen LogP contribution in [0.4, 0.5) is 0 Å². The highest BCUT2D eigenvalue weighted by atomic mass is 35.5. The van der Waals surface area contributed by atoms with Gasteiger partial charge in [0, 0.05) is 25.7 Å². The number of halogens is 1. The Morgan fingerprint density at radius 1 is 1.24 bits per heavy atom. The van der Waals surface area contributed by atoms with Gasteiger partial charge < -0.3 is 14.8 Å². The van der Waals surface area contributed by atoms with Gasteiger partial charge in [-0.25, -0.2) is 8.42 Å². The van der Waals surface area contributed by atoms with E-state index < -0.39 is 10.0 Å². The van der Waals surface area contributed by atoms with Crippen molar-refractivity contribution in [2.75, 3.05) is 33.9 Å². The third-order valence-electron chi connectivity index (χ3n) is 3.31. The molecule has 0 radical (unpaired) electrons.